The van der Waals surface area contributed by atoms with Crippen LogP contribution in [-0.4, -0.2) is 18.1 Å². The first-order valence-corrected chi connectivity index (χ1v) is 5.84. The van der Waals surface area contributed by atoms with Gasteiger partial charge < -0.3 is 5.73 Å². The molecule has 2 N–H and O–H groups in total. The largest absolute Gasteiger partial charge is 0.327 e. The summed E-state index contributed by atoms with van der Waals surface area (Å²) < 4.78 is 0. The molecule has 2 atom stereocenters. The predicted molar refractivity (Wildman–Crippen MR) is 55.0 cm³/mol. The van der Waals surface area contributed by atoms with Gasteiger partial charge in [-0.25, -0.2) is 0 Å². The fourth-order valence-corrected chi connectivity index (χ4v) is 1.97. The van der Waals surface area contributed by atoms with Gasteiger partial charge in [0.05, 0.1) is 0 Å². The van der Waals surface area contributed by atoms with Gasteiger partial charge in [-0.1, -0.05) is 26.7 Å². The number of rotatable bonds is 6. The van der Waals surface area contributed by atoms with E-state index in [2.05, 4.69) is 20.1 Å². The van der Waals surface area contributed by atoms with E-state index in [0.29, 0.717) is 6.04 Å². The molecule has 0 aliphatic carbocycles. The fraction of sp³-hybridized carbons (Fsp3) is 1.00. The second-order valence-corrected chi connectivity index (χ2v) is 4.26. The maximum absolute atomic E-state index is 5.89. The normalized spacial score (nSPS) is 16.4. The first kappa shape index (κ1) is 11.3. The van der Waals surface area contributed by atoms with Crippen molar-refractivity contribution in [2.75, 3.05) is 12.0 Å². The molecule has 1 nitrogen and oxygen atoms in total. The highest BCUT2D eigenvalue weighted by Gasteiger charge is 2.06. The smallest absolute Gasteiger partial charge is 0.0132 e. The van der Waals surface area contributed by atoms with Crippen LogP contribution in [0.1, 0.15) is 33.1 Å². The van der Waals surface area contributed by atoms with E-state index in [0.717, 1.165) is 11.7 Å². The van der Waals surface area contributed by atoms with E-state index in [4.69, 9.17) is 5.73 Å². The molecule has 0 fully saturated rings. The number of hydrogen-bond donors (Lipinski definition) is 1. The molecule has 0 radical (unpaired) electrons. The highest BCUT2D eigenvalue weighted by atomic mass is 32.2. The van der Waals surface area contributed by atoms with E-state index >= 15 is 0 Å². The molecule has 2 heteroatoms. The lowest BCUT2D eigenvalue weighted by molar-refractivity contribution is 0.450. The van der Waals surface area contributed by atoms with Crippen molar-refractivity contribution in [3.63, 3.8) is 0 Å². The zero-order valence-corrected chi connectivity index (χ0v) is 8.79. The van der Waals surface area contributed by atoms with Gasteiger partial charge in [-0.15, -0.1) is 0 Å². The number of thioether (sulfide) groups is 1. The Morgan fingerprint density at radius 3 is 2.55 bits per heavy atom. The van der Waals surface area contributed by atoms with E-state index in [9.17, 15) is 0 Å². The molecule has 11 heavy (non-hydrogen) atoms. The second kappa shape index (κ2) is 6.99. The summed E-state index contributed by atoms with van der Waals surface area (Å²) in [6, 6.07) is 0.409. The zero-order valence-electron chi connectivity index (χ0n) is 7.97. The Kier molecular flexibility index (Phi) is 7.18. The molecular weight excluding hydrogens is 154 g/mol. The summed E-state index contributed by atoms with van der Waals surface area (Å²) in [4.78, 5) is 0. The van der Waals surface area contributed by atoms with Crippen molar-refractivity contribution in [1.82, 2.24) is 0 Å². The van der Waals surface area contributed by atoms with E-state index in [1.165, 1.54) is 19.3 Å². The van der Waals surface area contributed by atoms with Crippen LogP contribution in [0.25, 0.3) is 0 Å². The highest BCUT2D eigenvalue weighted by Crippen LogP contribution is 2.13. The minimum atomic E-state index is 0.409. The van der Waals surface area contributed by atoms with Crippen molar-refractivity contribution in [2.24, 2.45) is 11.7 Å². The van der Waals surface area contributed by atoms with Gasteiger partial charge in [-0.2, -0.15) is 11.8 Å². The van der Waals surface area contributed by atoms with Crippen LogP contribution in [0.4, 0.5) is 0 Å². The molecule has 0 saturated carbocycles. The summed E-state index contributed by atoms with van der Waals surface area (Å²) >= 11 is 1.84. The Morgan fingerprint density at radius 1 is 1.45 bits per heavy atom. The Bertz CT molecular complexity index is 75.6. The molecule has 0 bridgehead atoms. The molecule has 0 aliphatic heterocycles. The van der Waals surface area contributed by atoms with E-state index in [1.807, 2.05) is 11.8 Å². The van der Waals surface area contributed by atoms with Crippen molar-refractivity contribution < 1.29 is 0 Å². The van der Waals surface area contributed by atoms with Gasteiger partial charge >= 0.3 is 0 Å². The first-order chi connectivity index (χ1) is 5.20. The summed E-state index contributed by atoms with van der Waals surface area (Å²) in [6.45, 7) is 4.53. The maximum atomic E-state index is 5.89. The molecule has 2 unspecified atom stereocenters. The Balaban J connectivity index is 3.32. The van der Waals surface area contributed by atoms with Crippen molar-refractivity contribution >= 4 is 11.8 Å². The molecule has 68 valence electrons. The van der Waals surface area contributed by atoms with E-state index < -0.39 is 0 Å². The van der Waals surface area contributed by atoms with Gasteiger partial charge in [-0.3, -0.25) is 0 Å². The summed E-state index contributed by atoms with van der Waals surface area (Å²) in [6.07, 6.45) is 5.91. The van der Waals surface area contributed by atoms with E-state index in [-0.39, 0.29) is 0 Å². The molecule has 0 saturated heterocycles. The molecule has 0 aromatic heterocycles. The van der Waals surface area contributed by atoms with Crippen LogP contribution in [0.2, 0.25) is 0 Å². The highest BCUT2D eigenvalue weighted by molar-refractivity contribution is 7.98. The number of nitrogens with two attached hydrogens (primary N) is 1. The van der Waals surface area contributed by atoms with Crippen LogP contribution >= 0.6 is 11.8 Å². The van der Waals surface area contributed by atoms with Gasteiger partial charge in [0, 0.05) is 11.8 Å². The van der Waals surface area contributed by atoms with Crippen molar-refractivity contribution in [2.45, 2.75) is 39.2 Å². The van der Waals surface area contributed by atoms with Crippen LogP contribution in [0, 0.1) is 5.92 Å². The lowest BCUT2D eigenvalue weighted by Gasteiger charge is -2.15. The quantitative estimate of drug-likeness (QED) is 0.671. The third kappa shape index (κ3) is 6.70. The molecule has 0 spiro atoms. The average molecular weight is 175 g/mol. The van der Waals surface area contributed by atoms with Gasteiger partial charge in [0.1, 0.15) is 0 Å². The average Bonchev–Trinajstić information content (AvgIpc) is 1.87. The monoisotopic (exact) mass is 175 g/mol. The van der Waals surface area contributed by atoms with Crippen LogP contribution in [-0.2, 0) is 0 Å². The minimum Gasteiger partial charge on any atom is -0.327 e. The Morgan fingerprint density at radius 2 is 2.09 bits per heavy atom. The van der Waals surface area contributed by atoms with Crippen molar-refractivity contribution in [3.8, 4) is 0 Å². The minimum absolute atomic E-state index is 0.409. The summed E-state index contributed by atoms with van der Waals surface area (Å²) in [5, 5.41) is 0. The van der Waals surface area contributed by atoms with Crippen LogP contribution in [0.15, 0.2) is 0 Å². The molecule has 0 aromatic rings. The maximum Gasteiger partial charge on any atom is 0.0132 e. The predicted octanol–water partition coefficient (Wildman–Crippen LogP) is 2.50. The topological polar surface area (TPSA) is 26.0 Å². The van der Waals surface area contributed by atoms with Crippen molar-refractivity contribution in [1.29, 1.82) is 0 Å². The summed E-state index contributed by atoms with van der Waals surface area (Å²) in [5.74, 6) is 1.91. The molecule has 0 heterocycles. The Hall–Kier alpha value is 0.310. The van der Waals surface area contributed by atoms with Gasteiger partial charge in [0.15, 0.2) is 0 Å². The first-order valence-electron chi connectivity index (χ1n) is 4.45. The lowest BCUT2D eigenvalue weighted by atomic mass is 9.99. The zero-order chi connectivity index (χ0) is 8.69. The van der Waals surface area contributed by atoms with Gasteiger partial charge in [0.25, 0.3) is 0 Å². The van der Waals surface area contributed by atoms with Crippen LogP contribution < -0.4 is 5.73 Å². The molecular formula is C9H21NS. The van der Waals surface area contributed by atoms with Crippen LogP contribution in [0.5, 0.6) is 0 Å². The molecule has 0 rings (SSSR count). The van der Waals surface area contributed by atoms with Crippen molar-refractivity contribution in [3.05, 3.63) is 0 Å². The lowest BCUT2D eigenvalue weighted by Crippen LogP contribution is -2.25. The van der Waals surface area contributed by atoms with Gasteiger partial charge in [-0.05, 0) is 18.6 Å². The molecule has 0 amide bonds. The third-order valence-corrected chi connectivity index (χ3v) is 2.63. The molecule has 0 aliphatic rings. The third-order valence-electron chi connectivity index (χ3n) is 1.87. The molecule has 0 aromatic carbocycles. The fourth-order valence-electron chi connectivity index (χ4n) is 1.41. The second-order valence-electron chi connectivity index (χ2n) is 3.34. The SMILES string of the molecule is CCCC(C)CC(N)CSC. The van der Waals surface area contributed by atoms with E-state index in [1.54, 1.807) is 0 Å². The Labute approximate surface area is 75.1 Å². The standard InChI is InChI=1S/C9H21NS/c1-4-5-8(2)6-9(10)7-11-3/h8-9H,4-7,10H2,1-3H3. The van der Waals surface area contributed by atoms with Gasteiger partial charge in [0.2, 0.25) is 0 Å². The number of hydrogen-bond acceptors (Lipinski definition) is 2. The summed E-state index contributed by atoms with van der Waals surface area (Å²) in [7, 11) is 0. The van der Waals surface area contributed by atoms with Crippen LogP contribution in [0.3, 0.4) is 0 Å². The summed E-state index contributed by atoms with van der Waals surface area (Å²) in [5.41, 5.74) is 5.89.